The molecule has 6 heteroatoms. The van der Waals surface area contributed by atoms with Crippen LogP contribution >= 0.6 is 0 Å². The second-order valence-corrected chi connectivity index (χ2v) is 9.01. The van der Waals surface area contributed by atoms with Gasteiger partial charge in [-0.25, -0.2) is 4.39 Å². The second-order valence-electron chi connectivity index (χ2n) is 9.01. The molecule has 5 nitrogen and oxygen atoms in total. The molecule has 35 heavy (non-hydrogen) atoms. The van der Waals surface area contributed by atoms with Crippen molar-refractivity contribution in [2.24, 2.45) is 0 Å². The van der Waals surface area contributed by atoms with E-state index < -0.39 is 0 Å². The number of anilines is 1. The van der Waals surface area contributed by atoms with Crippen molar-refractivity contribution in [1.82, 2.24) is 5.32 Å². The van der Waals surface area contributed by atoms with Crippen molar-refractivity contribution in [1.29, 1.82) is 0 Å². The summed E-state index contributed by atoms with van der Waals surface area (Å²) in [7, 11) is 0. The van der Waals surface area contributed by atoms with Crippen molar-refractivity contribution in [2.75, 3.05) is 31.1 Å². The van der Waals surface area contributed by atoms with Gasteiger partial charge in [0.1, 0.15) is 18.1 Å². The summed E-state index contributed by atoms with van der Waals surface area (Å²) in [5, 5.41) is 16.0. The molecule has 0 radical (unpaired) electrons. The van der Waals surface area contributed by atoms with Crippen LogP contribution < -0.4 is 15.1 Å². The van der Waals surface area contributed by atoms with Crippen LogP contribution in [0.1, 0.15) is 21.5 Å². The number of fused-ring (bicyclic) bond motifs is 1. The fourth-order valence-electron chi connectivity index (χ4n) is 4.84. The fourth-order valence-corrected chi connectivity index (χ4v) is 4.84. The summed E-state index contributed by atoms with van der Waals surface area (Å²) in [5.74, 6) is -0.454. The van der Waals surface area contributed by atoms with Gasteiger partial charge in [0, 0.05) is 6.54 Å². The molecule has 0 atom stereocenters. The molecule has 3 N–H and O–H groups in total. The normalized spacial score (nSPS) is 14.3. The Morgan fingerprint density at radius 2 is 1.63 bits per heavy atom. The maximum Gasteiger partial charge on any atom is 0.255 e. The lowest BCUT2D eigenvalue weighted by atomic mass is 9.98. The summed E-state index contributed by atoms with van der Waals surface area (Å²) in [4.78, 5) is 16.4. The molecule has 178 valence electrons. The Kier molecular flexibility index (Phi) is 6.64. The lowest BCUT2D eigenvalue weighted by Crippen LogP contribution is -3.13. The minimum Gasteiger partial charge on any atom is -0.507 e. The van der Waals surface area contributed by atoms with E-state index in [0.717, 1.165) is 48.1 Å². The fraction of sp³-hybridized carbons (Fsp3) is 0.207. The van der Waals surface area contributed by atoms with Gasteiger partial charge in [0.25, 0.3) is 5.91 Å². The number of amides is 1. The van der Waals surface area contributed by atoms with Gasteiger partial charge in [-0.05, 0) is 34.5 Å². The average molecular weight is 471 g/mol. The third-order valence-corrected chi connectivity index (χ3v) is 6.76. The quantitative estimate of drug-likeness (QED) is 0.404. The molecule has 0 aromatic heterocycles. The summed E-state index contributed by atoms with van der Waals surface area (Å²) in [6.07, 6.45) is 0. The number of hydrogen-bond acceptors (Lipinski definition) is 3. The molecule has 0 bridgehead atoms. The van der Waals surface area contributed by atoms with E-state index in [1.807, 2.05) is 66.7 Å². The zero-order valence-electron chi connectivity index (χ0n) is 19.5. The summed E-state index contributed by atoms with van der Waals surface area (Å²) in [6, 6.07) is 26.2. The lowest BCUT2D eigenvalue weighted by molar-refractivity contribution is -0.914. The van der Waals surface area contributed by atoms with Crippen LogP contribution in [0, 0.1) is 5.82 Å². The van der Waals surface area contributed by atoms with Gasteiger partial charge in [0.15, 0.2) is 0 Å². The van der Waals surface area contributed by atoms with Gasteiger partial charge in [-0.15, -0.1) is 0 Å². The van der Waals surface area contributed by atoms with E-state index in [4.69, 9.17) is 0 Å². The second kappa shape index (κ2) is 10.2. The van der Waals surface area contributed by atoms with Crippen LogP contribution in [0.25, 0.3) is 10.8 Å². The first-order valence-electron chi connectivity index (χ1n) is 12.0. The maximum absolute atomic E-state index is 14.2. The average Bonchev–Trinajstić information content (AvgIpc) is 2.90. The first-order valence-corrected chi connectivity index (χ1v) is 12.0. The smallest absolute Gasteiger partial charge is 0.255 e. The van der Waals surface area contributed by atoms with Gasteiger partial charge in [-0.3, -0.25) is 4.79 Å². The van der Waals surface area contributed by atoms with Gasteiger partial charge in [0.2, 0.25) is 0 Å². The van der Waals surface area contributed by atoms with Crippen molar-refractivity contribution >= 4 is 22.4 Å². The topological polar surface area (TPSA) is 57.0 Å². The Labute approximate surface area is 204 Å². The molecule has 1 saturated heterocycles. The zero-order chi connectivity index (χ0) is 24.2. The van der Waals surface area contributed by atoms with Gasteiger partial charge in [0.05, 0.1) is 43.0 Å². The molecule has 1 amide bonds. The minimum absolute atomic E-state index is 0.0401. The van der Waals surface area contributed by atoms with Crippen LogP contribution in [0.3, 0.4) is 0 Å². The third-order valence-electron chi connectivity index (χ3n) is 6.76. The van der Waals surface area contributed by atoms with E-state index in [9.17, 15) is 14.3 Å². The monoisotopic (exact) mass is 470 g/mol. The number of halogens is 1. The highest BCUT2D eigenvalue weighted by atomic mass is 19.1. The lowest BCUT2D eigenvalue weighted by Gasteiger charge is -2.34. The number of piperazine rings is 1. The number of quaternary nitrogens is 1. The Bertz CT molecular complexity index is 1330. The van der Waals surface area contributed by atoms with Crippen LogP contribution in [-0.4, -0.2) is 37.2 Å². The molecule has 1 fully saturated rings. The number of nitrogens with zero attached hydrogens (tertiary/aromatic N) is 1. The number of rotatable bonds is 6. The zero-order valence-corrected chi connectivity index (χ0v) is 19.5. The van der Waals surface area contributed by atoms with Crippen LogP contribution in [0.5, 0.6) is 5.75 Å². The molecule has 0 spiro atoms. The molecule has 4 aromatic carbocycles. The molecule has 0 saturated carbocycles. The molecule has 1 aliphatic heterocycles. The van der Waals surface area contributed by atoms with Gasteiger partial charge >= 0.3 is 0 Å². The summed E-state index contributed by atoms with van der Waals surface area (Å²) in [6.45, 7) is 4.07. The summed E-state index contributed by atoms with van der Waals surface area (Å²) in [5.41, 5.74) is 2.71. The Balaban J connectivity index is 1.35. The SMILES string of the molecule is O=C(NCc1ccccc1)c1cc2ccccc2c(C[NH+]2CCN(c3ccccc3F)CC2)c1O. The van der Waals surface area contributed by atoms with E-state index in [2.05, 4.69) is 10.2 Å². The van der Waals surface area contributed by atoms with E-state index in [-0.39, 0.29) is 17.5 Å². The molecular weight excluding hydrogens is 441 g/mol. The number of phenols is 1. The minimum atomic E-state index is -0.294. The summed E-state index contributed by atoms with van der Waals surface area (Å²) < 4.78 is 14.2. The number of hydrogen-bond donors (Lipinski definition) is 3. The van der Waals surface area contributed by atoms with E-state index in [1.54, 1.807) is 12.1 Å². The Morgan fingerprint density at radius 1 is 0.943 bits per heavy atom. The van der Waals surface area contributed by atoms with Crippen molar-refractivity contribution < 1.29 is 19.2 Å². The highest BCUT2D eigenvalue weighted by Crippen LogP contribution is 2.31. The van der Waals surface area contributed by atoms with Crippen molar-refractivity contribution in [3.8, 4) is 5.75 Å². The van der Waals surface area contributed by atoms with Crippen LogP contribution in [0.2, 0.25) is 0 Å². The Morgan fingerprint density at radius 3 is 2.40 bits per heavy atom. The number of nitrogens with one attached hydrogen (secondary N) is 2. The Hall–Kier alpha value is -3.90. The number of carbonyl (C=O) groups is 1. The van der Waals surface area contributed by atoms with Crippen molar-refractivity contribution in [2.45, 2.75) is 13.1 Å². The van der Waals surface area contributed by atoms with Crippen molar-refractivity contribution in [3.63, 3.8) is 0 Å². The summed E-state index contributed by atoms with van der Waals surface area (Å²) >= 11 is 0. The molecule has 0 unspecified atom stereocenters. The van der Waals surface area contributed by atoms with Crippen LogP contribution in [0.15, 0.2) is 84.9 Å². The number of aromatic hydroxyl groups is 1. The molecular formula is C29H29FN3O2+. The highest BCUT2D eigenvalue weighted by Gasteiger charge is 2.25. The van der Waals surface area contributed by atoms with E-state index in [0.29, 0.717) is 24.3 Å². The van der Waals surface area contributed by atoms with Gasteiger partial charge in [-0.2, -0.15) is 0 Å². The predicted molar refractivity (Wildman–Crippen MR) is 136 cm³/mol. The number of para-hydroxylation sites is 1. The first kappa shape index (κ1) is 22.9. The number of phenolic OH excluding ortho intramolecular Hbond substituents is 1. The van der Waals surface area contributed by atoms with E-state index in [1.165, 1.54) is 11.0 Å². The molecule has 0 aliphatic carbocycles. The van der Waals surface area contributed by atoms with Gasteiger partial charge < -0.3 is 20.2 Å². The van der Waals surface area contributed by atoms with Gasteiger partial charge in [-0.1, -0.05) is 66.7 Å². The predicted octanol–water partition coefficient (Wildman–Crippen LogP) is 3.52. The molecule has 1 heterocycles. The number of carbonyl (C=O) groups excluding carboxylic acids is 1. The third kappa shape index (κ3) is 4.98. The maximum atomic E-state index is 14.2. The largest absolute Gasteiger partial charge is 0.507 e. The molecule has 4 aromatic rings. The van der Waals surface area contributed by atoms with Crippen LogP contribution in [0.4, 0.5) is 10.1 Å². The van der Waals surface area contributed by atoms with E-state index >= 15 is 0 Å². The standard InChI is InChI=1S/C29H28FN3O2/c30-26-12-6-7-13-27(26)33-16-14-32(15-17-33)20-25-23-11-5-4-10-22(23)18-24(28(25)34)29(35)31-19-21-8-2-1-3-9-21/h1-13,18,34H,14-17,19-20H2,(H,31,35)/p+1. The molecule has 1 aliphatic rings. The van der Waals surface area contributed by atoms with Crippen molar-refractivity contribution in [3.05, 3.63) is 107 Å². The highest BCUT2D eigenvalue weighted by molar-refractivity contribution is 6.03. The van der Waals surface area contributed by atoms with Crippen LogP contribution in [-0.2, 0) is 13.1 Å². The first-order chi connectivity index (χ1) is 17.1. The number of benzene rings is 4. The molecule has 5 rings (SSSR count).